The molecule has 0 saturated carbocycles. The van der Waals surface area contributed by atoms with Gasteiger partial charge in [0.1, 0.15) is 12.1 Å². The van der Waals surface area contributed by atoms with Crippen molar-refractivity contribution in [2.24, 2.45) is 5.92 Å². The van der Waals surface area contributed by atoms with Crippen LogP contribution in [0.5, 0.6) is 0 Å². The molecule has 5 nitrogen and oxygen atoms in total. The lowest BCUT2D eigenvalue weighted by molar-refractivity contribution is 0.445. The average molecular weight is 321 g/mol. The third kappa shape index (κ3) is 2.54. The van der Waals surface area contributed by atoms with E-state index in [9.17, 15) is 0 Å². The molecule has 3 heterocycles. The Kier molecular flexibility index (Phi) is 3.71. The lowest BCUT2D eigenvalue weighted by atomic mass is 10.0. The number of aryl methyl sites for hydroxylation is 2. The van der Waals surface area contributed by atoms with Gasteiger partial charge in [0.15, 0.2) is 5.65 Å². The average Bonchev–Trinajstić information content (AvgIpc) is 3.01. The lowest BCUT2D eigenvalue weighted by Gasteiger charge is -2.31. The Morgan fingerprint density at radius 3 is 2.88 bits per heavy atom. The zero-order chi connectivity index (χ0) is 16.7. The van der Waals surface area contributed by atoms with Gasteiger partial charge in [0, 0.05) is 13.1 Å². The molecule has 5 heteroatoms. The smallest absolute Gasteiger partial charge is 0.168 e. The number of benzene rings is 1. The second kappa shape index (κ2) is 5.89. The molecule has 0 aliphatic carbocycles. The van der Waals surface area contributed by atoms with Crippen LogP contribution in [0.1, 0.15) is 30.9 Å². The number of aromatic nitrogens is 4. The summed E-state index contributed by atoms with van der Waals surface area (Å²) in [6.07, 6.45) is 6.09. The molecule has 24 heavy (non-hydrogen) atoms. The van der Waals surface area contributed by atoms with Crippen LogP contribution in [0.2, 0.25) is 0 Å². The first-order valence-corrected chi connectivity index (χ1v) is 8.65. The van der Waals surface area contributed by atoms with Gasteiger partial charge >= 0.3 is 0 Å². The summed E-state index contributed by atoms with van der Waals surface area (Å²) in [7, 11) is 0. The lowest BCUT2D eigenvalue weighted by Crippen LogP contribution is -2.34. The highest BCUT2D eigenvalue weighted by atomic mass is 15.3. The van der Waals surface area contributed by atoms with E-state index in [0.717, 1.165) is 35.6 Å². The number of fused-ring (bicyclic) bond motifs is 1. The summed E-state index contributed by atoms with van der Waals surface area (Å²) in [6.45, 7) is 8.64. The molecule has 0 amide bonds. The summed E-state index contributed by atoms with van der Waals surface area (Å²) < 4.78 is 1.94. The number of hydrogen-bond acceptors (Lipinski definition) is 4. The minimum absolute atomic E-state index is 0.706. The highest BCUT2D eigenvalue weighted by Crippen LogP contribution is 2.29. The van der Waals surface area contributed by atoms with Crippen LogP contribution in [-0.2, 0) is 0 Å². The fourth-order valence-electron chi connectivity index (χ4n) is 3.59. The van der Waals surface area contributed by atoms with Crippen molar-refractivity contribution in [3.8, 4) is 5.69 Å². The van der Waals surface area contributed by atoms with Crippen LogP contribution in [-0.4, -0.2) is 32.8 Å². The normalized spacial score (nSPS) is 18.3. The van der Waals surface area contributed by atoms with E-state index in [4.69, 9.17) is 0 Å². The molecule has 0 bridgehead atoms. The maximum atomic E-state index is 4.63. The third-order valence-corrected chi connectivity index (χ3v) is 4.89. The molecular weight excluding hydrogens is 298 g/mol. The van der Waals surface area contributed by atoms with Crippen LogP contribution >= 0.6 is 0 Å². The minimum atomic E-state index is 0.706. The maximum absolute atomic E-state index is 4.63. The molecule has 1 aliphatic rings. The second-order valence-electron chi connectivity index (χ2n) is 6.97. The molecular formula is C19H23N5. The van der Waals surface area contributed by atoms with Gasteiger partial charge in [-0.25, -0.2) is 14.6 Å². The molecule has 1 aliphatic heterocycles. The van der Waals surface area contributed by atoms with Crippen molar-refractivity contribution in [3.05, 3.63) is 41.9 Å². The Labute approximate surface area is 142 Å². The van der Waals surface area contributed by atoms with Gasteiger partial charge in [-0.05, 0) is 49.8 Å². The molecule has 0 spiro atoms. The molecule has 3 aromatic rings. The standard InChI is InChI=1S/C19H23N5/c1-13-6-7-15(3)17(9-13)24-19-16(10-22-24)18(20-12-21-19)23-8-4-5-14(2)11-23/h6-7,9-10,12,14H,4-5,8,11H2,1-3H3/t14-/m0/s1. The fraction of sp³-hybridized carbons (Fsp3) is 0.421. The van der Waals surface area contributed by atoms with E-state index in [1.807, 2.05) is 10.9 Å². The van der Waals surface area contributed by atoms with Crippen molar-refractivity contribution < 1.29 is 0 Å². The van der Waals surface area contributed by atoms with Crippen LogP contribution in [0.15, 0.2) is 30.7 Å². The predicted molar refractivity (Wildman–Crippen MR) is 96.7 cm³/mol. The van der Waals surface area contributed by atoms with E-state index in [-0.39, 0.29) is 0 Å². The van der Waals surface area contributed by atoms with E-state index in [0.29, 0.717) is 5.92 Å². The Morgan fingerprint density at radius 1 is 1.17 bits per heavy atom. The van der Waals surface area contributed by atoms with Crippen LogP contribution in [0, 0.1) is 19.8 Å². The largest absolute Gasteiger partial charge is 0.356 e. The Hall–Kier alpha value is -2.43. The number of nitrogens with zero attached hydrogens (tertiary/aromatic N) is 5. The van der Waals surface area contributed by atoms with Gasteiger partial charge in [0.05, 0.1) is 17.3 Å². The fourth-order valence-corrected chi connectivity index (χ4v) is 3.59. The summed E-state index contributed by atoms with van der Waals surface area (Å²) in [5.41, 5.74) is 4.38. The van der Waals surface area contributed by atoms with Gasteiger partial charge < -0.3 is 4.90 Å². The number of rotatable bonds is 2. The van der Waals surface area contributed by atoms with E-state index in [2.05, 4.69) is 58.9 Å². The molecule has 1 aromatic carbocycles. The molecule has 124 valence electrons. The van der Waals surface area contributed by atoms with Gasteiger partial charge in [-0.2, -0.15) is 5.10 Å². The summed E-state index contributed by atoms with van der Waals surface area (Å²) in [5, 5.41) is 5.66. The molecule has 0 radical (unpaired) electrons. The highest BCUT2D eigenvalue weighted by Gasteiger charge is 2.21. The van der Waals surface area contributed by atoms with Crippen molar-refractivity contribution in [2.75, 3.05) is 18.0 Å². The number of piperidine rings is 1. The predicted octanol–water partition coefficient (Wildman–Crippen LogP) is 3.67. The molecule has 0 N–H and O–H groups in total. The molecule has 1 fully saturated rings. The van der Waals surface area contributed by atoms with E-state index < -0.39 is 0 Å². The minimum Gasteiger partial charge on any atom is -0.356 e. The van der Waals surface area contributed by atoms with Crippen molar-refractivity contribution in [2.45, 2.75) is 33.6 Å². The van der Waals surface area contributed by atoms with Gasteiger partial charge in [0.25, 0.3) is 0 Å². The first kappa shape index (κ1) is 15.1. The topological polar surface area (TPSA) is 46.8 Å². The molecule has 4 rings (SSSR count). The summed E-state index contributed by atoms with van der Waals surface area (Å²) in [4.78, 5) is 11.5. The highest BCUT2D eigenvalue weighted by molar-refractivity contribution is 5.87. The van der Waals surface area contributed by atoms with Crippen molar-refractivity contribution in [3.63, 3.8) is 0 Å². The van der Waals surface area contributed by atoms with Gasteiger partial charge in [-0.3, -0.25) is 0 Å². The van der Waals surface area contributed by atoms with Crippen LogP contribution in [0.25, 0.3) is 16.7 Å². The summed E-state index contributed by atoms with van der Waals surface area (Å²) in [6, 6.07) is 6.42. The number of anilines is 1. The monoisotopic (exact) mass is 321 g/mol. The Morgan fingerprint density at radius 2 is 2.04 bits per heavy atom. The van der Waals surface area contributed by atoms with Gasteiger partial charge in [-0.15, -0.1) is 0 Å². The zero-order valence-electron chi connectivity index (χ0n) is 14.5. The van der Waals surface area contributed by atoms with Crippen LogP contribution in [0.3, 0.4) is 0 Å². The summed E-state index contributed by atoms with van der Waals surface area (Å²) in [5.74, 6) is 1.72. The van der Waals surface area contributed by atoms with E-state index in [1.165, 1.54) is 24.0 Å². The zero-order valence-corrected chi connectivity index (χ0v) is 14.5. The molecule has 1 saturated heterocycles. The first-order valence-electron chi connectivity index (χ1n) is 8.65. The van der Waals surface area contributed by atoms with Crippen LogP contribution in [0.4, 0.5) is 5.82 Å². The molecule has 0 unspecified atom stereocenters. The van der Waals surface area contributed by atoms with Crippen molar-refractivity contribution in [1.82, 2.24) is 19.7 Å². The maximum Gasteiger partial charge on any atom is 0.168 e. The second-order valence-corrected chi connectivity index (χ2v) is 6.97. The Bertz CT molecular complexity index is 883. The third-order valence-electron chi connectivity index (χ3n) is 4.89. The van der Waals surface area contributed by atoms with Crippen molar-refractivity contribution >= 4 is 16.9 Å². The molecule has 1 atom stereocenters. The van der Waals surface area contributed by atoms with Crippen molar-refractivity contribution in [1.29, 1.82) is 0 Å². The van der Waals surface area contributed by atoms with E-state index in [1.54, 1.807) is 6.33 Å². The Balaban J connectivity index is 1.83. The quantitative estimate of drug-likeness (QED) is 0.722. The van der Waals surface area contributed by atoms with E-state index >= 15 is 0 Å². The molecule has 2 aromatic heterocycles. The number of hydrogen-bond donors (Lipinski definition) is 0. The summed E-state index contributed by atoms with van der Waals surface area (Å²) >= 11 is 0. The first-order chi connectivity index (χ1) is 11.6. The van der Waals surface area contributed by atoms with Gasteiger partial charge in [-0.1, -0.05) is 19.1 Å². The van der Waals surface area contributed by atoms with Crippen LogP contribution < -0.4 is 4.90 Å². The SMILES string of the molecule is Cc1ccc(C)c(-n2ncc3c(N4CCC[C@H](C)C4)ncnc32)c1. The van der Waals surface area contributed by atoms with Gasteiger partial charge in [0.2, 0.25) is 0 Å².